The SMILES string of the molecule is Cc1csc(-c2cc(S(=O)(=O)Nc3ccc(F)c(C)c3)cn2CC(=O)N2CCCC2)n1. The van der Waals surface area contributed by atoms with Crippen LogP contribution in [0.1, 0.15) is 24.1 Å². The van der Waals surface area contributed by atoms with Gasteiger partial charge in [0.2, 0.25) is 5.91 Å². The van der Waals surface area contributed by atoms with E-state index in [0.29, 0.717) is 16.3 Å². The van der Waals surface area contributed by atoms with Gasteiger partial charge in [0.15, 0.2) is 0 Å². The molecule has 0 bridgehead atoms. The van der Waals surface area contributed by atoms with Gasteiger partial charge in [-0.1, -0.05) is 0 Å². The van der Waals surface area contributed by atoms with Crippen LogP contribution >= 0.6 is 11.3 Å². The van der Waals surface area contributed by atoms with Gasteiger partial charge in [0, 0.05) is 36.0 Å². The quantitative estimate of drug-likeness (QED) is 0.604. The predicted octanol–water partition coefficient (Wildman–Crippen LogP) is 3.79. The molecule has 0 unspecified atom stereocenters. The van der Waals surface area contributed by atoms with Crippen LogP contribution in [0.4, 0.5) is 10.1 Å². The molecule has 1 amide bonds. The average Bonchev–Trinajstić information content (AvgIpc) is 3.45. The summed E-state index contributed by atoms with van der Waals surface area (Å²) in [6, 6.07) is 5.55. The van der Waals surface area contributed by atoms with Crippen LogP contribution in [0, 0.1) is 19.7 Å². The van der Waals surface area contributed by atoms with E-state index in [1.54, 1.807) is 16.4 Å². The first-order valence-electron chi connectivity index (χ1n) is 9.92. The lowest BCUT2D eigenvalue weighted by Gasteiger charge is -2.16. The molecule has 10 heteroatoms. The topological polar surface area (TPSA) is 84.3 Å². The second-order valence-electron chi connectivity index (χ2n) is 7.64. The van der Waals surface area contributed by atoms with Crippen molar-refractivity contribution in [1.82, 2.24) is 14.5 Å². The number of amides is 1. The number of benzene rings is 1. The zero-order valence-corrected chi connectivity index (χ0v) is 18.9. The highest BCUT2D eigenvalue weighted by molar-refractivity contribution is 7.92. The van der Waals surface area contributed by atoms with Gasteiger partial charge in [0.25, 0.3) is 10.0 Å². The van der Waals surface area contributed by atoms with Crippen molar-refractivity contribution in [1.29, 1.82) is 0 Å². The van der Waals surface area contributed by atoms with Gasteiger partial charge in [-0.2, -0.15) is 0 Å². The maximum absolute atomic E-state index is 13.5. The average molecular weight is 463 g/mol. The van der Waals surface area contributed by atoms with E-state index >= 15 is 0 Å². The lowest BCUT2D eigenvalue weighted by Crippen LogP contribution is -2.31. The maximum atomic E-state index is 13.5. The third kappa shape index (κ3) is 4.64. The summed E-state index contributed by atoms with van der Waals surface area (Å²) in [5.41, 5.74) is 2.00. The number of rotatable bonds is 6. The largest absolute Gasteiger partial charge is 0.341 e. The Hall–Kier alpha value is -2.72. The first-order valence-corrected chi connectivity index (χ1v) is 12.3. The van der Waals surface area contributed by atoms with E-state index in [1.807, 2.05) is 12.3 Å². The minimum absolute atomic E-state index is 0.0200. The van der Waals surface area contributed by atoms with Crippen molar-refractivity contribution >= 4 is 33.0 Å². The summed E-state index contributed by atoms with van der Waals surface area (Å²) in [6.07, 6.45) is 3.42. The number of nitrogens with one attached hydrogen (secondary N) is 1. The number of aryl methyl sites for hydroxylation is 2. The first-order chi connectivity index (χ1) is 14.7. The molecule has 1 N–H and O–H groups in total. The summed E-state index contributed by atoms with van der Waals surface area (Å²) in [5.74, 6) is -0.454. The number of likely N-dealkylation sites (tertiary alicyclic amines) is 1. The molecule has 0 spiro atoms. The number of sulfonamides is 1. The smallest absolute Gasteiger partial charge is 0.263 e. The minimum Gasteiger partial charge on any atom is -0.341 e. The van der Waals surface area contributed by atoms with E-state index in [0.717, 1.165) is 31.6 Å². The Morgan fingerprint density at radius 1 is 1.23 bits per heavy atom. The van der Waals surface area contributed by atoms with Crippen LogP contribution in [0.15, 0.2) is 40.7 Å². The standard InChI is InChI=1S/C21H23FN4O3S2/c1-14-9-16(5-6-18(14)22)24-31(28,29)17-10-19(21-23-15(2)13-30-21)26(11-17)12-20(27)25-7-3-4-8-25/h5-6,9-11,13,24H,3-4,7-8,12H2,1-2H3. The Kier molecular flexibility index (Phi) is 5.85. The van der Waals surface area contributed by atoms with Crippen LogP contribution in [0.2, 0.25) is 0 Å². The van der Waals surface area contributed by atoms with E-state index in [9.17, 15) is 17.6 Å². The molecule has 3 heterocycles. The van der Waals surface area contributed by atoms with Gasteiger partial charge in [-0.25, -0.2) is 17.8 Å². The molecule has 31 heavy (non-hydrogen) atoms. The molecule has 164 valence electrons. The van der Waals surface area contributed by atoms with Crippen molar-refractivity contribution < 1.29 is 17.6 Å². The Balaban J connectivity index is 1.67. The second-order valence-corrected chi connectivity index (χ2v) is 10.2. The van der Waals surface area contributed by atoms with Crippen molar-refractivity contribution in [2.75, 3.05) is 17.8 Å². The number of carbonyl (C=O) groups is 1. The Morgan fingerprint density at radius 3 is 2.61 bits per heavy atom. The van der Waals surface area contributed by atoms with Crippen molar-refractivity contribution in [2.45, 2.75) is 38.1 Å². The molecule has 3 aromatic rings. The van der Waals surface area contributed by atoms with Crippen LogP contribution in [-0.4, -0.2) is 41.9 Å². The highest BCUT2D eigenvalue weighted by atomic mass is 32.2. The molecule has 7 nitrogen and oxygen atoms in total. The van der Waals surface area contributed by atoms with Crippen molar-refractivity contribution in [3.63, 3.8) is 0 Å². The molecule has 0 saturated carbocycles. The number of anilines is 1. The third-order valence-corrected chi connectivity index (χ3v) is 7.53. The van der Waals surface area contributed by atoms with E-state index in [1.165, 1.54) is 41.8 Å². The monoisotopic (exact) mass is 462 g/mol. The molecule has 0 atom stereocenters. The van der Waals surface area contributed by atoms with Crippen molar-refractivity contribution in [2.24, 2.45) is 0 Å². The Bertz CT molecular complexity index is 1230. The van der Waals surface area contributed by atoms with Gasteiger partial charge >= 0.3 is 0 Å². The van der Waals surface area contributed by atoms with Gasteiger partial charge in [-0.15, -0.1) is 11.3 Å². The zero-order chi connectivity index (χ0) is 22.2. The number of hydrogen-bond acceptors (Lipinski definition) is 5. The molecule has 1 saturated heterocycles. The van der Waals surface area contributed by atoms with Crippen LogP contribution in [0.3, 0.4) is 0 Å². The summed E-state index contributed by atoms with van der Waals surface area (Å²) in [6.45, 7) is 4.92. The summed E-state index contributed by atoms with van der Waals surface area (Å²) >= 11 is 1.39. The lowest BCUT2D eigenvalue weighted by atomic mass is 10.2. The fraction of sp³-hybridized carbons (Fsp3) is 0.333. The summed E-state index contributed by atoms with van der Waals surface area (Å²) < 4.78 is 43.7. The number of carbonyl (C=O) groups excluding carboxylic acids is 1. The predicted molar refractivity (Wildman–Crippen MR) is 118 cm³/mol. The van der Waals surface area contributed by atoms with Crippen LogP contribution in [0.5, 0.6) is 0 Å². The number of aromatic nitrogens is 2. The first kappa shape index (κ1) is 21.5. The van der Waals surface area contributed by atoms with Gasteiger partial charge in [0.1, 0.15) is 22.3 Å². The van der Waals surface area contributed by atoms with E-state index < -0.39 is 15.8 Å². The second kappa shape index (κ2) is 8.43. The molecular weight excluding hydrogens is 439 g/mol. The molecule has 0 aliphatic carbocycles. The fourth-order valence-corrected chi connectivity index (χ4v) is 5.46. The number of thiazole rings is 1. The third-order valence-electron chi connectivity index (χ3n) is 5.19. The highest BCUT2D eigenvalue weighted by Crippen LogP contribution is 2.29. The highest BCUT2D eigenvalue weighted by Gasteiger charge is 2.24. The van der Waals surface area contributed by atoms with Gasteiger partial charge in [-0.3, -0.25) is 9.52 Å². The molecular formula is C21H23FN4O3S2. The molecule has 0 radical (unpaired) electrons. The minimum atomic E-state index is -3.94. The molecule has 1 fully saturated rings. The molecule has 1 aromatic carbocycles. The Labute approximate surface area is 184 Å². The van der Waals surface area contributed by atoms with E-state index in [2.05, 4.69) is 9.71 Å². The summed E-state index contributed by atoms with van der Waals surface area (Å²) in [7, 11) is -3.94. The number of halogens is 1. The van der Waals surface area contributed by atoms with Gasteiger partial charge < -0.3 is 9.47 Å². The zero-order valence-electron chi connectivity index (χ0n) is 17.3. The lowest BCUT2D eigenvalue weighted by molar-refractivity contribution is -0.130. The molecule has 1 aliphatic rings. The van der Waals surface area contributed by atoms with E-state index in [-0.39, 0.29) is 23.0 Å². The summed E-state index contributed by atoms with van der Waals surface area (Å²) in [4.78, 5) is 19.0. The van der Waals surface area contributed by atoms with Crippen molar-refractivity contribution in [3.8, 4) is 10.7 Å². The van der Waals surface area contributed by atoms with Crippen molar-refractivity contribution in [3.05, 3.63) is 52.9 Å². The fourth-order valence-electron chi connectivity index (χ4n) is 3.55. The molecule has 2 aromatic heterocycles. The van der Waals surface area contributed by atoms with Gasteiger partial charge in [-0.05, 0) is 56.5 Å². The summed E-state index contributed by atoms with van der Waals surface area (Å²) in [5, 5.41) is 2.52. The number of hydrogen-bond donors (Lipinski definition) is 1. The molecule has 1 aliphatic heterocycles. The maximum Gasteiger partial charge on any atom is 0.263 e. The van der Waals surface area contributed by atoms with Crippen LogP contribution < -0.4 is 4.72 Å². The number of nitrogens with zero attached hydrogens (tertiary/aromatic N) is 3. The van der Waals surface area contributed by atoms with E-state index in [4.69, 9.17) is 0 Å². The van der Waals surface area contributed by atoms with Crippen LogP contribution in [-0.2, 0) is 21.4 Å². The van der Waals surface area contributed by atoms with Crippen LogP contribution in [0.25, 0.3) is 10.7 Å². The normalized spacial score (nSPS) is 14.2. The van der Waals surface area contributed by atoms with Gasteiger partial charge in [0.05, 0.1) is 5.69 Å². The Morgan fingerprint density at radius 2 is 1.97 bits per heavy atom. The molecule has 4 rings (SSSR count).